The van der Waals surface area contributed by atoms with Crippen molar-refractivity contribution in [1.82, 2.24) is 10.6 Å². The number of aryl methyl sites for hydroxylation is 1. The number of rotatable bonds is 5. The fraction of sp³-hybridized carbons (Fsp3) is 0.300. The number of benzene rings is 2. The van der Waals surface area contributed by atoms with Crippen molar-refractivity contribution in [2.75, 3.05) is 32.1 Å². The van der Waals surface area contributed by atoms with Crippen molar-refractivity contribution in [2.45, 2.75) is 13.0 Å². The Balaban J connectivity index is 0.00000300. The second kappa shape index (κ2) is 11.2. The minimum absolute atomic E-state index is 0. The molecule has 156 valence electrons. The normalized spacial score (nSPS) is 15.1. The van der Waals surface area contributed by atoms with Gasteiger partial charge in [-0.1, -0.05) is 34.1 Å². The second-order valence-corrected chi connectivity index (χ2v) is 7.23. The molecule has 0 saturated carbocycles. The SMILES string of the molecule is CN=C(NCC(=O)Nc1cc(Br)ccc1C)NCC1COc2ccccc2O1.I. The molecule has 0 saturated heterocycles. The molecule has 0 fully saturated rings. The van der Waals surface area contributed by atoms with Crippen LogP contribution in [0.25, 0.3) is 0 Å². The predicted molar refractivity (Wildman–Crippen MR) is 129 cm³/mol. The van der Waals surface area contributed by atoms with Crippen LogP contribution in [0.2, 0.25) is 0 Å². The molecule has 0 aliphatic carbocycles. The second-order valence-electron chi connectivity index (χ2n) is 6.31. The molecule has 0 aromatic heterocycles. The van der Waals surface area contributed by atoms with Gasteiger partial charge in [-0.2, -0.15) is 0 Å². The van der Waals surface area contributed by atoms with E-state index >= 15 is 0 Å². The summed E-state index contributed by atoms with van der Waals surface area (Å²) in [5.41, 5.74) is 1.77. The zero-order chi connectivity index (χ0) is 19.9. The van der Waals surface area contributed by atoms with Crippen molar-refractivity contribution in [2.24, 2.45) is 4.99 Å². The number of halogens is 2. The molecule has 0 radical (unpaired) electrons. The zero-order valence-electron chi connectivity index (χ0n) is 16.2. The van der Waals surface area contributed by atoms with E-state index in [0.29, 0.717) is 19.1 Å². The number of hydrogen-bond donors (Lipinski definition) is 3. The maximum absolute atomic E-state index is 12.2. The van der Waals surface area contributed by atoms with Crippen molar-refractivity contribution >= 4 is 57.5 Å². The molecule has 9 heteroatoms. The van der Waals surface area contributed by atoms with Gasteiger partial charge < -0.3 is 25.4 Å². The average molecular weight is 575 g/mol. The number of carbonyl (C=O) groups excluding carboxylic acids is 1. The number of carbonyl (C=O) groups is 1. The zero-order valence-corrected chi connectivity index (χ0v) is 20.1. The highest BCUT2D eigenvalue weighted by atomic mass is 127. The van der Waals surface area contributed by atoms with E-state index in [-0.39, 0.29) is 42.5 Å². The molecule has 0 spiro atoms. The van der Waals surface area contributed by atoms with Crippen molar-refractivity contribution in [3.63, 3.8) is 0 Å². The summed E-state index contributed by atoms with van der Waals surface area (Å²) >= 11 is 3.41. The Labute approximate surface area is 195 Å². The first-order valence-corrected chi connectivity index (χ1v) is 9.73. The predicted octanol–water partition coefficient (Wildman–Crippen LogP) is 3.32. The summed E-state index contributed by atoms with van der Waals surface area (Å²) < 4.78 is 12.5. The number of fused-ring (bicyclic) bond motifs is 1. The van der Waals surface area contributed by atoms with Crippen LogP contribution in [0.5, 0.6) is 11.5 Å². The van der Waals surface area contributed by atoms with Crippen LogP contribution in [-0.2, 0) is 4.79 Å². The Hall–Kier alpha value is -2.01. The average Bonchev–Trinajstić information content (AvgIpc) is 2.70. The van der Waals surface area contributed by atoms with Gasteiger partial charge in [-0.05, 0) is 36.8 Å². The van der Waals surface area contributed by atoms with E-state index in [1.165, 1.54) is 0 Å². The molecule has 1 atom stereocenters. The fourth-order valence-corrected chi connectivity index (χ4v) is 3.04. The lowest BCUT2D eigenvalue weighted by molar-refractivity contribution is -0.115. The summed E-state index contributed by atoms with van der Waals surface area (Å²) in [6.07, 6.45) is -0.147. The number of nitrogens with one attached hydrogen (secondary N) is 3. The largest absolute Gasteiger partial charge is 0.486 e. The van der Waals surface area contributed by atoms with Crippen LogP contribution in [0.4, 0.5) is 5.69 Å². The summed E-state index contributed by atoms with van der Waals surface area (Å²) in [6.45, 7) is 2.99. The number of anilines is 1. The molecular formula is C20H24BrIN4O3. The number of hydrogen-bond acceptors (Lipinski definition) is 4. The molecule has 2 aromatic rings. The van der Waals surface area contributed by atoms with Gasteiger partial charge in [0, 0.05) is 17.2 Å². The smallest absolute Gasteiger partial charge is 0.243 e. The topological polar surface area (TPSA) is 84.0 Å². The van der Waals surface area contributed by atoms with Gasteiger partial charge in [0.2, 0.25) is 5.91 Å². The van der Waals surface area contributed by atoms with E-state index in [2.05, 4.69) is 36.9 Å². The molecule has 1 amide bonds. The molecular weight excluding hydrogens is 551 g/mol. The van der Waals surface area contributed by atoms with Crippen LogP contribution in [0.15, 0.2) is 51.9 Å². The first-order valence-electron chi connectivity index (χ1n) is 8.94. The highest BCUT2D eigenvalue weighted by Crippen LogP contribution is 2.30. The van der Waals surface area contributed by atoms with E-state index in [4.69, 9.17) is 9.47 Å². The van der Waals surface area contributed by atoms with Gasteiger partial charge >= 0.3 is 0 Å². The van der Waals surface area contributed by atoms with E-state index in [1.807, 2.05) is 49.4 Å². The number of para-hydroxylation sites is 2. The maximum atomic E-state index is 12.2. The lowest BCUT2D eigenvalue weighted by atomic mass is 10.2. The van der Waals surface area contributed by atoms with Gasteiger partial charge in [0.15, 0.2) is 17.5 Å². The summed E-state index contributed by atoms with van der Waals surface area (Å²) in [5, 5.41) is 9.05. The maximum Gasteiger partial charge on any atom is 0.243 e. The Morgan fingerprint density at radius 3 is 2.72 bits per heavy atom. The molecule has 2 aromatic carbocycles. The van der Waals surface area contributed by atoms with Crippen molar-refractivity contribution < 1.29 is 14.3 Å². The quantitative estimate of drug-likeness (QED) is 0.290. The molecule has 29 heavy (non-hydrogen) atoms. The van der Waals surface area contributed by atoms with Crippen molar-refractivity contribution in [3.05, 3.63) is 52.5 Å². The van der Waals surface area contributed by atoms with Crippen LogP contribution in [0, 0.1) is 6.92 Å². The molecule has 3 rings (SSSR count). The highest BCUT2D eigenvalue weighted by Gasteiger charge is 2.20. The van der Waals surface area contributed by atoms with Crippen LogP contribution < -0.4 is 25.4 Å². The number of amides is 1. The molecule has 1 unspecified atom stereocenters. The van der Waals surface area contributed by atoms with Crippen LogP contribution in [0.3, 0.4) is 0 Å². The third-order valence-electron chi connectivity index (χ3n) is 4.18. The Bertz CT molecular complexity index is 879. The summed E-state index contributed by atoms with van der Waals surface area (Å²) in [5.74, 6) is 1.84. The van der Waals surface area contributed by atoms with Gasteiger partial charge in [0.1, 0.15) is 12.7 Å². The molecule has 1 heterocycles. The highest BCUT2D eigenvalue weighted by molar-refractivity contribution is 14.0. The van der Waals surface area contributed by atoms with Gasteiger partial charge in [-0.25, -0.2) is 0 Å². The van der Waals surface area contributed by atoms with E-state index < -0.39 is 0 Å². The van der Waals surface area contributed by atoms with Gasteiger partial charge in [0.05, 0.1) is 13.1 Å². The van der Waals surface area contributed by atoms with Gasteiger partial charge in [0.25, 0.3) is 0 Å². The van der Waals surface area contributed by atoms with E-state index in [9.17, 15) is 4.79 Å². The van der Waals surface area contributed by atoms with Gasteiger partial charge in [-0.15, -0.1) is 24.0 Å². The van der Waals surface area contributed by atoms with Crippen molar-refractivity contribution in [3.8, 4) is 11.5 Å². The number of nitrogens with zero attached hydrogens (tertiary/aromatic N) is 1. The van der Waals surface area contributed by atoms with Crippen LogP contribution in [0.1, 0.15) is 5.56 Å². The minimum Gasteiger partial charge on any atom is -0.486 e. The Morgan fingerprint density at radius 1 is 1.21 bits per heavy atom. The Morgan fingerprint density at radius 2 is 1.97 bits per heavy atom. The van der Waals surface area contributed by atoms with Crippen LogP contribution >= 0.6 is 39.9 Å². The summed E-state index contributed by atoms with van der Waals surface area (Å²) in [4.78, 5) is 16.4. The lowest BCUT2D eigenvalue weighted by Crippen LogP contribution is -2.47. The monoisotopic (exact) mass is 574 g/mol. The number of guanidine groups is 1. The third-order valence-corrected chi connectivity index (χ3v) is 4.67. The Kier molecular flexibility index (Phi) is 9.02. The summed E-state index contributed by atoms with van der Waals surface area (Å²) in [7, 11) is 1.65. The molecule has 0 bridgehead atoms. The standard InChI is InChI=1S/C20H23BrN4O3.HI/c1-13-7-8-14(21)9-16(13)25-19(26)11-24-20(22-2)23-10-15-12-27-17-5-3-4-6-18(17)28-15;/h3-9,15H,10-12H2,1-2H3,(H,25,26)(H2,22,23,24);1H. The first-order chi connectivity index (χ1) is 13.5. The fourth-order valence-electron chi connectivity index (χ4n) is 2.68. The minimum atomic E-state index is -0.157. The number of ether oxygens (including phenoxy) is 2. The molecule has 1 aliphatic rings. The van der Waals surface area contributed by atoms with E-state index in [1.54, 1.807) is 7.05 Å². The molecule has 3 N–H and O–H groups in total. The van der Waals surface area contributed by atoms with Crippen LogP contribution in [-0.4, -0.2) is 44.7 Å². The third kappa shape index (κ3) is 6.77. The van der Waals surface area contributed by atoms with Gasteiger partial charge in [-0.3, -0.25) is 9.79 Å². The summed E-state index contributed by atoms with van der Waals surface area (Å²) in [6, 6.07) is 13.3. The first kappa shape index (κ1) is 23.3. The molecule has 1 aliphatic heterocycles. The van der Waals surface area contributed by atoms with E-state index in [0.717, 1.165) is 27.2 Å². The van der Waals surface area contributed by atoms with Crippen molar-refractivity contribution in [1.29, 1.82) is 0 Å². The molecule has 7 nitrogen and oxygen atoms in total. The lowest BCUT2D eigenvalue weighted by Gasteiger charge is -2.27. The number of aliphatic imine (C=N–C) groups is 1.